The summed E-state index contributed by atoms with van der Waals surface area (Å²) < 4.78 is 5.44. The molecule has 1 heterocycles. The number of rotatable bonds is 4. The number of non-ortho nitro benzene ring substituents is 1. The predicted octanol–water partition coefficient (Wildman–Crippen LogP) is 4.53. The Bertz CT molecular complexity index is 641. The quantitative estimate of drug-likeness (QED) is 0.468. The monoisotopic (exact) mass is 332 g/mol. The zero-order chi connectivity index (χ0) is 14.7. The second-order valence-electron chi connectivity index (χ2n) is 3.74. The number of ether oxygens (including phenoxy) is 1. The molecule has 8 heteroatoms. The molecule has 0 fully saturated rings. The van der Waals surface area contributed by atoms with Gasteiger partial charge in [-0.2, -0.15) is 0 Å². The number of aromatic nitrogens is 1. The van der Waals surface area contributed by atoms with Crippen LogP contribution in [0.2, 0.25) is 15.2 Å². The number of halogens is 3. The van der Waals surface area contributed by atoms with Crippen LogP contribution in [0.4, 0.5) is 5.69 Å². The maximum absolute atomic E-state index is 10.7. The zero-order valence-corrected chi connectivity index (χ0v) is 12.1. The van der Waals surface area contributed by atoms with Gasteiger partial charge in [-0.25, -0.2) is 4.98 Å². The molecule has 1 aromatic carbocycles. The first-order valence-electron chi connectivity index (χ1n) is 5.35. The first-order valence-corrected chi connectivity index (χ1v) is 6.48. The van der Waals surface area contributed by atoms with Crippen molar-refractivity contribution in [3.63, 3.8) is 0 Å². The maximum Gasteiger partial charge on any atom is 0.272 e. The predicted molar refractivity (Wildman–Crippen MR) is 76.7 cm³/mol. The second-order valence-corrected chi connectivity index (χ2v) is 4.94. The van der Waals surface area contributed by atoms with Gasteiger partial charge in [-0.15, -0.1) is 0 Å². The summed E-state index contributed by atoms with van der Waals surface area (Å²) in [6.45, 7) is 0.0951. The number of hydrogen-bond acceptors (Lipinski definition) is 4. The summed E-state index contributed by atoms with van der Waals surface area (Å²) in [7, 11) is 0. The Morgan fingerprint density at radius 1 is 1.20 bits per heavy atom. The van der Waals surface area contributed by atoms with Gasteiger partial charge < -0.3 is 4.74 Å². The summed E-state index contributed by atoms with van der Waals surface area (Å²) >= 11 is 17.6. The van der Waals surface area contributed by atoms with Gasteiger partial charge in [-0.3, -0.25) is 10.1 Å². The van der Waals surface area contributed by atoms with Gasteiger partial charge in [0.25, 0.3) is 5.69 Å². The average Bonchev–Trinajstić information content (AvgIpc) is 2.37. The Hall–Kier alpha value is -1.56. The Kier molecular flexibility index (Phi) is 4.65. The van der Waals surface area contributed by atoms with E-state index in [4.69, 9.17) is 39.5 Å². The van der Waals surface area contributed by atoms with Crippen molar-refractivity contribution in [3.8, 4) is 5.75 Å². The standard InChI is InChI=1S/C12H7Cl3N2O3/c13-9-4-8(17(18)19)5-10(14)12(9)20-6-7-2-1-3-11(15)16-7/h1-5H,6H2. The molecule has 0 radical (unpaired) electrons. The lowest BCUT2D eigenvalue weighted by molar-refractivity contribution is -0.384. The molecule has 2 aromatic rings. The van der Waals surface area contributed by atoms with Crippen molar-refractivity contribution in [2.45, 2.75) is 6.61 Å². The van der Waals surface area contributed by atoms with Crippen LogP contribution in [0.15, 0.2) is 30.3 Å². The van der Waals surface area contributed by atoms with Crippen LogP contribution >= 0.6 is 34.8 Å². The minimum atomic E-state index is -0.583. The van der Waals surface area contributed by atoms with E-state index in [1.807, 2.05) is 0 Å². The highest BCUT2D eigenvalue weighted by atomic mass is 35.5. The molecule has 0 unspecified atom stereocenters. The van der Waals surface area contributed by atoms with Gasteiger partial charge in [0.05, 0.1) is 20.7 Å². The van der Waals surface area contributed by atoms with Gasteiger partial charge in [0, 0.05) is 12.1 Å². The van der Waals surface area contributed by atoms with Gasteiger partial charge in [0.1, 0.15) is 11.8 Å². The number of nitro groups is 1. The number of pyridine rings is 1. The van der Waals surface area contributed by atoms with Crippen LogP contribution in [0.1, 0.15) is 5.69 Å². The average molecular weight is 334 g/mol. The molecule has 0 aliphatic heterocycles. The minimum Gasteiger partial charge on any atom is -0.484 e. The van der Waals surface area contributed by atoms with Crippen molar-refractivity contribution in [2.24, 2.45) is 0 Å². The molecule has 0 spiro atoms. The highest BCUT2D eigenvalue weighted by Crippen LogP contribution is 2.37. The molecule has 5 nitrogen and oxygen atoms in total. The summed E-state index contributed by atoms with van der Waals surface area (Å²) in [4.78, 5) is 14.1. The van der Waals surface area contributed by atoms with Crippen molar-refractivity contribution in [1.29, 1.82) is 0 Å². The largest absolute Gasteiger partial charge is 0.484 e. The third-order valence-corrected chi connectivity index (χ3v) is 3.10. The lowest BCUT2D eigenvalue weighted by atomic mass is 10.3. The Morgan fingerprint density at radius 3 is 2.40 bits per heavy atom. The number of benzene rings is 1. The normalized spacial score (nSPS) is 10.3. The molecule has 0 saturated heterocycles. The molecule has 2 rings (SSSR count). The van der Waals surface area contributed by atoms with E-state index < -0.39 is 4.92 Å². The van der Waals surface area contributed by atoms with Crippen LogP contribution < -0.4 is 4.74 Å². The molecule has 0 bridgehead atoms. The van der Waals surface area contributed by atoms with Gasteiger partial charge >= 0.3 is 0 Å². The van der Waals surface area contributed by atoms with Gasteiger partial charge in [-0.05, 0) is 12.1 Å². The third-order valence-electron chi connectivity index (χ3n) is 2.33. The van der Waals surface area contributed by atoms with Crippen LogP contribution in [0, 0.1) is 10.1 Å². The molecule has 1 aromatic heterocycles. The van der Waals surface area contributed by atoms with E-state index in [2.05, 4.69) is 4.98 Å². The summed E-state index contributed by atoms with van der Waals surface area (Å²) in [5.41, 5.74) is 0.385. The third kappa shape index (κ3) is 3.50. The second kappa shape index (κ2) is 6.26. The van der Waals surface area contributed by atoms with E-state index in [0.717, 1.165) is 0 Å². The Labute approximate surface area is 129 Å². The summed E-state index contributed by atoms with van der Waals surface area (Å²) in [5, 5.41) is 11.1. The van der Waals surface area contributed by atoms with E-state index in [1.54, 1.807) is 18.2 Å². The summed E-state index contributed by atoms with van der Waals surface area (Å²) in [5.74, 6) is 0.167. The first kappa shape index (κ1) is 14.8. The Balaban J connectivity index is 2.20. The SMILES string of the molecule is O=[N+]([O-])c1cc(Cl)c(OCc2cccc(Cl)n2)c(Cl)c1. The minimum absolute atomic E-state index is 0.0613. The van der Waals surface area contributed by atoms with Crippen LogP contribution in [0.5, 0.6) is 5.75 Å². The number of nitrogens with zero attached hydrogens (tertiary/aromatic N) is 2. The molecule has 0 saturated carbocycles. The van der Waals surface area contributed by atoms with E-state index >= 15 is 0 Å². The Morgan fingerprint density at radius 2 is 1.85 bits per heavy atom. The number of nitro benzene ring substituents is 1. The molecular formula is C12H7Cl3N2O3. The van der Waals surface area contributed by atoms with Gasteiger partial charge in [-0.1, -0.05) is 40.9 Å². The fraction of sp³-hybridized carbons (Fsp3) is 0.0833. The molecular weight excluding hydrogens is 327 g/mol. The topological polar surface area (TPSA) is 65.3 Å². The first-order chi connectivity index (χ1) is 9.47. The molecule has 0 atom stereocenters. The summed E-state index contributed by atoms with van der Waals surface area (Å²) in [6.07, 6.45) is 0. The highest BCUT2D eigenvalue weighted by molar-refractivity contribution is 6.37. The van der Waals surface area contributed by atoms with E-state index in [1.165, 1.54) is 12.1 Å². The lowest BCUT2D eigenvalue weighted by Gasteiger charge is -2.09. The van der Waals surface area contributed by atoms with Gasteiger partial charge in [0.15, 0.2) is 5.75 Å². The van der Waals surface area contributed by atoms with Crippen LogP contribution in [0.3, 0.4) is 0 Å². The van der Waals surface area contributed by atoms with Crippen molar-refractivity contribution in [3.05, 3.63) is 61.3 Å². The van der Waals surface area contributed by atoms with Gasteiger partial charge in [0.2, 0.25) is 0 Å². The fourth-order valence-electron chi connectivity index (χ4n) is 1.47. The molecule has 104 valence electrons. The van der Waals surface area contributed by atoms with E-state index in [-0.39, 0.29) is 28.1 Å². The van der Waals surface area contributed by atoms with E-state index in [0.29, 0.717) is 10.8 Å². The zero-order valence-electron chi connectivity index (χ0n) is 9.85. The smallest absolute Gasteiger partial charge is 0.272 e. The van der Waals surface area contributed by atoms with Crippen molar-refractivity contribution >= 4 is 40.5 Å². The highest BCUT2D eigenvalue weighted by Gasteiger charge is 2.16. The van der Waals surface area contributed by atoms with Crippen molar-refractivity contribution in [2.75, 3.05) is 0 Å². The van der Waals surface area contributed by atoms with E-state index in [9.17, 15) is 10.1 Å². The molecule has 0 aliphatic rings. The molecule has 0 amide bonds. The summed E-state index contributed by atoms with van der Waals surface area (Å²) in [6, 6.07) is 7.44. The molecule has 0 N–H and O–H groups in total. The number of hydrogen-bond donors (Lipinski definition) is 0. The maximum atomic E-state index is 10.7. The van der Waals surface area contributed by atoms with Crippen molar-refractivity contribution < 1.29 is 9.66 Å². The lowest BCUT2D eigenvalue weighted by Crippen LogP contribution is -2.00. The van der Waals surface area contributed by atoms with Crippen molar-refractivity contribution in [1.82, 2.24) is 4.98 Å². The van der Waals surface area contributed by atoms with Crippen LogP contribution in [0.25, 0.3) is 0 Å². The fourth-order valence-corrected chi connectivity index (χ4v) is 2.23. The molecule has 0 aliphatic carbocycles. The molecule has 20 heavy (non-hydrogen) atoms. The van der Waals surface area contributed by atoms with Crippen LogP contribution in [-0.2, 0) is 6.61 Å². The van der Waals surface area contributed by atoms with Crippen LogP contribution in [-0.4, -0.2) is 9.91 Å².